The molecule has 3 aliphatic rings. The van der Waals surface area contributed by atoms with Gasteiger partial charge in [0.1, 0.15) is 30.2 Å². The summed E-state index contributed by atoms with van der Waals surface area (Å²) in [7, 11) is 0. The van der Waals surface area contributed by atoms with E-state index in [1.54, 1.807) is 13.8 Å². The third kappa shape index (κ3) is 22.2. The molecule has 0 spiro atoms. The molecule has 4 N–H and O–H groups in total. The number of hydrogen-bond acceptors (Lipinski definition) is 11. The summed E-state index contributed by atoms with van der Waals surface area (Å²) in [5.74, 6) is -2.51. The van der Waals surface area contributed by atoms with Crippen molar-refractivity contribution in [2.45, 2.75) is 136 Å². The lowest BCUT2D eigenvalue weighted by molar-refractivity contribution is -0.149. The van der Waals surface area contributed by atoms with Gasteiger partial charge in [0.05, 0.1) is 13.2 Å². The maximum atomic E-state index is 11.7. The van der Waals surface area contributed by atoms with Gasteiger partial charge in [-0.1, -0.05) is 39.5 Å². The number of amides is 1. The number of esters is 3. The van der Waals surface area contributed by atoms with Crippen molar-refractivity contribution in [3.63, 3.8) is 0 Å². The molecule has 0 aromatic rings. The maximum Gasteiger partial charge on any atom is 0.419 e. The standard InChI is InChI=1S/C11H17NO5.C10H19NO4.C9H15NO2.7H2S/c1-4-6-8(10(14)16-5-2)12-7(3)9(13)17-11(12)15;1-4-6-8(10(14)15-5-2)11-7(3)9(12)13;11-9(12)8-5-6-3-1-2-4-7(6)10-8;;;;;;;/h7-8H,4-6H2,1-3H3;7-8,11H,4-6H2,1-3H3,(H,12,13);6-8,10H,1-5H2,(H,11,12);7*1H2/t2*7-,8-;6-,7-,8-;;;;;;;/m001......./s1. The van der Waals surface area contributed by atoms with Crippen LogP contribution in [0.3, 0.4) is 0 Å². The molecule has 7 atom stereocenters. The number of cyclic esters (lactones) is 2. The fraction of sp³-hybridized carbons (Fsp3) is 0.800. The Kier molecular flexibility index (Phi) is 44.6. The molecule has 2 saturated heterocycles. The van der Waals surface area contributed by atoms with Crippen LogP contribution in [0.5, 0.6) is 0 Å². The first-order valence-corrected chi connectivity index (χ1v) is 15.7. The monoisotopic (exact) mass is 867 g/mol. The average molecular weight is 868 g/mol. The first-order valence-electron chi connectivity index (χ1n) is 15.7. The third-order valence-electron chi connectivity index (χ3n) is 7.74. The first kappa shape index (κ1) is 65.1. The second-order valence-corrected chi connectivity index (χ2v) is 11.1. The van der Waals surface area contributed by atoms with Crippen LogP contribution < -0.4 is 10.6 Å². The van der Waals surface area contributed by atoms with Crippen molar-refractivity contribution in [2.24, 2.45) is 5.92 Å². The van der Waals surface area contributed by atoms with Crippen LogP contribution in [0.25, 0.3) is 0 Å². The Morgan fingerprint density at radius 2 is 1.37 bits per heavy atom. The lowest BCUT2D eigenvalue weighted by Crippen LogP contribution is -2.46. The summed E-state index contributed by atoms with van der Waals surface area (Å²) in [6.45, 7) is 10.8. The summed E-state index contributed by atoms with van der Waals surface area (Å²) in [6, 6.07) is -2.51. The van der Waals surface area contributed by atoms with Gasteiger partial charge in [0.2, 0.25) is 0 Å². The molecule has 1 aliphatic carbocycles. The van der Waals surface area contributed by atoms with Gasteiger partial charge in [-0.3, -0.25) is 24.6 Å². The van der Waals surface area contributed by atoms with Crippen LogP contribution in [-0.2, 0) is 38.2 Å². The predicted molar refractivity (Wildman–Crippen MR) is 231 cm³/mol. The van der Waals surface area contributed by atoms with E-state index in [1.165, 1.54) is 39.5 Å². The van der Waals surface area contributed by atoms with Crippen LogP contribution in [0, 0.1) is 5.92 Å². The third-order valence-corrected chi connectivity index (χ3v) is 7.74. The lowest BCUT2D eigenvalue weighted by atomic mass is 9.85. The van der Waals surface area contributed by atoms with Crippen molar-refractivity contribution in [3.05, 3.63) is 0 Å². The molecular formula is C30H65N3O11S7. The Balaban J connectivity index is -0.000000108. The van der Waals surface area contributed by atoms with Crippen LogP contribution >= 0.6 is 94.5 Å². The average Bonchev–Trinajstić information content (AvgIpc) is 3.52. The van der Waals surface area contributed by atoms with Crippen molar-refractivity contribution in [1.29, 1.82) is 0 Å². The molecule has 0 unspecified atom stereocenters. The van der Waals surface area contributed by atoms with E-state index in [9.17, 15) is 28.8 Å². The number of carboxylic acids is 2. The van der Waals surface area contributed by atoms with E-state index in [0.717, 1.165) is 17.7 Å². The second kappa shape index (κ2) is 34.9. The minimum absolute atomic E-state index is 0. The van der Waals surface area contributed by atoms with Gasteiger partial charge in [-0.2, -0.15) is 94.5 Å². The first-order chi connectivity index (χ1) is 20.8. The molecular weight excluding hydrogens is 803 g/mol. The molecule has 0 aromatic carbocycles. The predicted octanol–water partition coefficient (Wildman–Crippen LogP) is 3.65. The number of nitrogens with one attached hydrogen (secondary N) is 2. The van der Waals surface area contributed by atoms with E-state index in [4.69, 9.17) is 19.7 Å². The highest BCUT2D eigenvalue weighted by molar-refractivity contribution is 7.60. The van der Waals surface area contributed by atoms with Gasteiger partial charge in [-0.05, 0) is 65.7 Å². The Bertz CT molecular complexity index is 991. The maximum absolute atomic E-state index is 11.7. The van der Waals surface area contributed by atoms with Gasteiger partial charge in [0.25, 0.3) is 0 Å². The molecule has 1 amide bonds. The van der Waals surface area contributed by atoms with Crippen molar-refractivity contribution < 1.29 is 53.2 Å². The molecule has 0 radical (unpaired) electrons. The molecule has 1 saturated carbocycles. The van der Waals surface area contributed by atoms with Gasteiger partial charge in [-0.25, -0.2) is 14.4 Å². The number of hydrogen-bond donors (Lipinski definition) is 4. The highest BCUT2D eigenvalue weighted by atomic mass is 32.1. The van der Waals surface area contributed by atoms with Gasteiger partial charge in [0, 0.05) is 6.04 Å². The Morgan fingerprint density at radius 3 is 1.78 bits per heavy atom. The number of carboxylic acid groups (broad SMARTS) is 2. The molecule has 14 nitrogen and oxygen atoms in total. The zero-order valence-corrected chi connectivity index (χ0v) is 37.3. The fourth-order valence-electron chi connectivity index (χ4n) is 5.46. The smallest absolute Gasteiger partial charge is 0.419 e. The number of rotatable bonds is 13. The molecule has 51 heavy (non-hydrogen) atoms. The summed E-state index contributed by atoms with van der Waals surface area (Å²) in [4.78, 5) is 68.3. The normalized spacial score (nSPS) is 20.9. The van der Waals surface area contributed by atoms with Crippen LogP contribution in [0.2, 0.25) is 0 Å². The number of carbonyl (C=O) groups is 6. The van der Waals surface area contributed by atoms with Crippen LogP contribution in [-0.4, -0.2) is 101 Å². The highest BCUT2D eigenvalue weighted by Crippen LogP contribution is 2.33. The van der Waals surface area contributed by atoms with E-state index < -0.39 is 54.1 Å². The quantitative estimate of drug-likeness (QED) is 0.119. The summed E-state index contributed by atoms with van der Waals surface area (Å²) in [6.07, 6.45) is 7.55. The van der Waals surface area contributed by atoms with Crippen molar-refractivity contribution >= 4 is 130 Å². The summed E-state index contributed by atoms with van der Waals surface area (Å²) >= 11 is 0. The minimum Gasteiger partial charge on any atom is -0.480 e. The number of carbonyl (C=O) groups excluding carboxylic acids is 4. The molecule has 0 aromatic heterocycles. The molecule has 3 fully saturated rings. The number of fused-ring (bicyclic) bond motifs is 1. The largest absolute Gasteiger partial charge is 0.480 e. The van der Waals surface area contributed by atoms with Crippen LogP contribution in [0.15, 0.2) is 0 Å². The number of aliphatic carboxylic acids is 2. The van der Waals surface area contributed by atoms with Gasteiger partial charge < -0.3 is 29.7 Å². The van der Waals surface area contributed by atoms with Crippen LogP contribution in [0.1, 0.15) is 99.3 Å². The fourth-order valence-corrected chi connectivity index (χ4v) is 5.46. The van der Waals surface area contributed by atoms with E-state index in [2.05, 4.69) is 15.4 Å². The highest BCUT2D eigenvalue weighted by Gasteiger charge is 2.45. The molecule has 3 rings (SSSR count). The van der Waals surface area contributed by atoms with Crippen molar-refractivity contribution in [2.75, 3.05) is 13.2 Å². The van der Waals surface area contributed by atoms with E-state index >= 15 is 0 Å². The molecule has 2 heterocycles. The van der Waals surface area contributed by atoms with Gasteiger partial charge in [-0.15, -0.1) is 0 Å². The summed E-state index contributed by atoms with van der Waals surface area (Å²) in [5, 5.41) is 23.4. The summed E-state index contributed by atoms with van der Waals surface area (Å²) in [5.41, 5.74) is 0. The minimum atomic E-state index is -0.972. The SMILES string of the molecule is CCC[C@@H](C(=O)OCC)N1C(=O)OC(=O)[C@@H]1C.CCC[C@H](N[C@@H](C)C(=O)O)C(=O)OCC.O=C(O)[C@H]1C[C@H]2CCCC[C@H]2N1.S.S.S.S.S.S.S. The lowest BCUT2D eigenvalue weighted by Gasteiger charge is -2.25. The molecule has 0 bridgehead atoms. The number of ether oxygens (including phenoxy) is 3. The molecule has 2 aliphatic heterocycles. The second-order valence-electron chi connectivity index (χ2n) is 11.1. The van der Waals surface area contributed by atoms with Crippen molar-refractivity contribution in [3.8, 4) is 0 Å². The molecule has 21 heteroatoms. The Morgan fingerprint density at radius 1 is 0.863 bits per heavy atom. The Hall–Kier alpha value is -0.810. The summed E-state index contributed by atoms with van der Waals surface area (Å²) < 4.78 is 14.2. The Labute approximate surface area is 351 Å². The van der Waals surface area contributed by atoms with Crippen molar-refractivity contribution in [1.82, 2.24) is 15.5 Å². The zero-order chi connectivity index (χ0) is 33.4. The van der Waals surface area contributed by atoms with E-state index in [-0.39, 0.29) is 113 Å². The van der Waals surface area contributed by atoms with Crippen LogP contribution in [0.4, 0.5) is 4.79 Å². The van der Waals surface area contributed by atoms with Gasteiger partial charge in [0.15, 0.2) is 0 Å². The topological polar surface area (TPSA) is 198 Å². The number of nitrogens with zero attached hydrogens (tertiary/aromatic N) is 1. The molecule has 308 valence electrons. The van der Waals surface area contributed by atoms with Gasteiger partial charge >= 0.3 is 35.9 Å². The van der Waals surface area contributed by atoms with E-state index in [1.807, 2.05) is 13.8 Å². The van der Waals surface area contributed by atoms with E-state index in [0.29, 0.717) is 37.8 Å². The zero-order valence-electron chi connectivity index (χ0n) is 30.3.